The standard InChI is InChI=1S/C22H29N3O3/c26-21(24-9-5-1-2-6-10-24)16-23-11-13-25(14-12-23)22(27)19-15-18-7-3-4-8-20(18)28-17-19/h3-4,7-8,15H,1-2,5-6,9-14,16-17H2. The Hall–Kier alpha value is -2.34. The molecular formula is C22H29N3O3. The van der Waals surface area contributed by atoms with Crippen molar-refractivity contribution in [3.05, 3.63) is 35.4 Å². The van der Waals surface area contributed by atoms with Gasteiger partial charge in [0.1, 0.15) is 12.4 Å². The fraction of sp³-hybridized carbons (Fsp3) is 0.545. The highest BCUT2D eigenvalue weighted by molar-refractivity contribution is 5.99. The van der Waals surface area contributed by atoms with Gasteiger partial charge >= 0.3 is 0 Å². The summed E-state index contributed by atoms with van der Waals surface area (Å²) in [5.74, 6) is 1.12. The molecule has 6 nitrogen and oxygen atoms in total. The van der Waals surface area contributed by atoms with Crippen LogP contribution < -0.4 is 4.74 Å². The monoisotopic (exact) mass is 383 g/mol. The Kier molecular flexibility index (Phi) is 5.95. The third-order valence-electron chi connectivity index (χ3n) is 5.88. The molecule has 2 amide bonds. The smallest absolute Gasteiger partial charge is 0.253 e. The van der Waals surface area contributed by atoms with E-state index in [1.165, 1.54) is 12.8 Å². The molecule has 2 fully saturated rings. The number of amides is 2. The number of likely N-dealkylation sites (tertiary alicyclic amines) is 1. The average molecular weight is 383 g/mol. The van der Waals surface area contributed by atoms with E-state index in [9.17, 15) is 9.59 Å². The minimum atomic E-state index is 0.0491. The normalized spacial score (nSPS) is 20.6. The molecule has 0 atom stereocenters. The maximum atomic E-state index is 12.9. The molecule has 0 aliphatic carbocycles. The summed E-state index contributed by atoms with van der Waals surface area (Å²) in [5.41, 5.74) is 1.66. The molecule has 0 aromatic heterocycles. The van der Waals surface area contributed by atoms with E-state index in [-0.39, 0.29) is 11.8 Å². The summed E-state index contributed by atoms with van der Waals surface area (Å²) in [5, 5.41) is 0. The van der Waals surface area contributed by atoms with E-state index in [4.69, 9.17) is 4.74 Å². The van der Waals surface area contributed by atoms with Gasteiger partial charge in [0.2, 0.25) is 5.91 Å². The van der Waals surface area contributed by atoms with E-state index in [0.29, 0.717) is 31.8 Å². The van der Waals surface area contributed by atoms with Crippen LogP contribution in [0, 0.1) is 0 Å². The van der Waals surface area contributed by atoms with Gasteiger partial charge in [-0.15, -0.1) is 0 Å². The second-order valence-electron chi connectivity index (χ2n) is 7.86. The lowest BCUT2D eigenvalue weighted by atomic mass is 10.1. The van der Waals surface area contributed by atoms with Crippen molar-refractivity contribution >= 4 is 17.9 Å². The summed E-state index contributed by atoms with van der Waals surface area (Å²) >= 11 is 0. The Bertz CT molecular complexity index is 745. The average Bonchev–Trinajstić information content (AvgIpc) is 3.03. The van der Waals surface area contributed by atoms with E-state index in [1.54, 1.807) is 0 Å². The number of carbonyl (C=O) groups excluding carboxylic acids is 2. The Morgan fingerprint density at radius 3 is 2.32 bits per heavy atom. The quantitative estimate of drug-likeness (QED) is 0.801. The topological polar surface area (TPSA) is 53.1 Å². The van der Waals surface area contributed by atoms with E-state index in [2.05, 4.69) is 4.90 Å². The van der Waals surface area contributed by atoms with Gasteiger partial charge in [-0.25, -0.2) is 0 Å². The molecule has 2 saturated heterocycles. The summed E-state index contributed by atoms with van der Waals surface area (Å²) < 4.78 is 5.72. The molecule has 150 valence electrons. The van der Waals surface area contributed by atoms with Crippen LogP contribution in [0.1, 0.15) is 31.2 Å². The first kappa shape index (κ1) is 19.0. The molecule has 0 saturated carbocycles. The largest absolute Gasteiger partial charge is 0.488 e. The van der Waals surface area contributed by atoms with Crippen LogP contribution in [-0.2, 0) is 9.59 Å². The number of benzene rings is 1. The van der Waals surface area contributed by atoms with Crippen LogP contribution in [0.2, 0.25) is 0 Å². The van der Waals surface area contributed by atoms with Gasteiger partial charge in [0, 0.05) is 44.8 Å². The predicted octanol–water partition coefficient (Wildman–Crippen LogP) is 2.01. The Balaban J connectivity index is 1.29. The lowest BCUT2D eigenvalue weighted by molar-refractivity contribution is -0.133. The maximum Gasteiger partial charge on any atom is 0.253 e. The summed E-state index contributed by atoms with van der Waals surface area (Å²) in [6.45, 7) is 5.40. The van der Waals surface area contributed by atoms with E-state index in [1.807, 2.05) is 40.1 Å². The molecule has 1 aromatic rings. The zero-order chi connectivity index (χ0) is 19.3. The van der Waals surface area contributed by atoms with Crippen LogP contribution in [0.3, 0.4) is 0 Å². The maximum absolute atomic E-state index is 12.9. The van der Waals surface area contributed by atoms with Crippen LogP contribution >= 0.6 is 0 Å². The van der Waals surface area contributed by atoms with Crippen LogP contribution in [0.4, 0.5) is 0 Å². The third-order valence-corrected chi connectivity index (χ3v) is 5.88. The lowest BCUT2D eigenvalue weighted by Gasteiger charge is -2.36. The first-order valence-electron chi connectivity index (χ1n) is 10.4. The molecule has 0 spiro atoms. The number of rotatable bonds is 3. The van der Waals surface area contributed by atoms with E-state index >= 15 is 0 Å². The second kappa shape index (κ2) is 8.78. The van der Waals surface area contributed by atoms with Crippen LogP contribution in [0.5, 0.6) is 5.75 Å². The second-order valence-corrected chi connectivity index (χ2v) is 7.86. The molecule has 1 aromatic carbocycles. The first-order valence-corrected chi connectivity index (χ1v) is 10.4. The molecule has 0 unspecified atom stereocenters. The molecule has 3 aliphatic heterocycles. The zero-order valence-corrected chi connectivity index (χ0v) is 16.4. The number of ether oxygens (including phenoxy) is 1. The number of para-hydroxylation sites is 1. The summed E-state index contributed by atoms with van der Waals surface area (Å²) in [6.07, 6.45) is 6.64. The van der Waals surface area contributed by atoms with Crippen molar-refractivity contribution in [3.8, 4) is 5.75 Å². The van der Waals surface area contributed by atoms with E-state index < -0.39 is 0 Å². The van der Waals surface area contributed by atoms with Crippen molar-refractivity contribution in [2.45, 2.75) is 25.7 Å². The highest BCUT2D eigenvalue weighted by atomic mass is 16.5. The molecule has 4 rings (SSSR count). The van der Waals surface area contributed by atoms with Crippen molar-refractivity contribution in [2.75, 3.05) is 52.4 Å². The highest BCUT2D eigenvalue weighted by Gasteiger charge is 2.27. The SMILES string of the molecule is O=C(CN1CCN(C(=O)C2=Cc3ccccc3OC2)CC1)N1CCCCCC1. The summed E-state index contributed by atoms with van der Waals surface area (Å²) in [7, 11) is 0. The van der Waals surface area contributed by atoms with Crippen molar-refractivity contribution in [1.82, 2.24) is 14.7 Å². The van der Waals surface area contributed by atoms with Gasteiger partial charge in [0.15, 0.2) is 0 Å². The van der Waals surface area contributed by atoms with Crippen molar-refractivity contribution in [1.29, 1.82) is 0 Å². The minimum Gasteiger partial charge on any atom is -0.488 e. The number of carbonyl (C=O) groups is 2. The van der Waals surface area contributed by atoms with Crippen LogP contribution in [-0.4, -0.2) is 78.9 Å². The molecule has 0 radical (unpaired) electrons. The number of fused-ring (bicyclic) bond motifs is 1. The van der Waals surface area contributed by atoms with Gasteiger partial charge in [0.25, 0.3) is 5.91 Å². The third kappa shape index (κ3) is 4.38. The zero-order valence-electron chi connectivity index (χ0n) is 16.4. The summed E-state index contributed by atoms with van der Waals surface area (Å²) in [4.78, 5) is 31.5. The fourth-order valence-electron chi connectivity index (χ4n) is 4.16. The van der Waals surface area contributed by atoms with Crippen molar-refractivity contribution in [2.24, 2.45) is 0 Å². The van der Waals surface area contributed by atoms with Crippen molar-refractivity contribution in [3.63, 3.8) is 0 Å². The molecule has 3 aliphatic rings. The number of hydrogen-bond donors (Lipinski definition) is 0. The molecule has 28 heavy (non-hydrogen) atoms. The summed E-state index contributed by atoms with van der Waals surface area (Å²) in [6, 6.07) is 7.78. The molecular weight excluding hydrogens is 354 g/mol. The molecule has 6 heteroatoms. The van der Waals surface area contributed by atoms with Gasteiger partial charge in [0.05, 0.1) is 12.1 Å². The highest BCUT2D eigenvalue weighted by Crippen LogP contribution is 2.26. The van der Waals surface area contributed by atoms with Gasteiger partial charge in [-0.1, -0.05) is 31.0 Å². The molecule has 3 heterocycles. The Labute approximate surface area is 166 Å². The number of nitrogens with zero attached hydrogens (tertiary/aromatic N) is 3. The number of hydrogen-bond acceptors (Lipinski definition) is 4. The molecule has 0 bridgehead atoms. The van der Waals surface area contributed by atoms with Gasteiger partial charge in [-0.05, 0) is 25.0 Å². The minimum absolute atomic E-state index is 0.0491. The van der Waals surface area contributed by atoms with Crippen LogP contribution in [0.15, 0.2) is 29.8 Å². The van der Waals surface area contributed by atoms with Gasteiger partial charge < -0.3 is 14.5 Å². The lowest BCUT2D eigenvalue weighted by Crippen LogP contribution is -2.52. The molecule has 0 N–H and O–H groups in total. The predicted molar refractivity (Wildman–Crippen MR) is 108 cm³/mol. The first-order chi connectivity index (χ1) is 13.7. The van der Waals surface area contributed by atoms with Gasteiger partial charge in [-0.3, -0.25) is 14.5 Å². The van der Waals surface area contributed by atoms with Gasteiger partial charge in [-0.2, -0.15) is 0 Å². The van der Waals surface area contributed by atoms with E-state index in [0.717, 1.165) is 50.3 Å². The Morgan fingerprint density at radius 1 is 0.857 bits per heavy atom. The van der Waals surface area contributed by atoms with Crippen LogP contribution in [0.25, 0.3) is 6.08 Å². The fourth-order valence-corrected chi connectivity index (χ4v) is 4.16. The Morgan fingerprint density at radius 2 is 1.57 bits per heavy atom. The number of piperazine rings is 1. The van der Waals surface area contributed by atoms with Crippen molar-refractivity contribution < 1.29 is 14.3 Å².